The summed E-state index contributed by atoms with van der Waals surface area (Å²) in [5, 5.41) is 6.86. The van der Waals surface area contributed by atoms with Gasteiger partial charge in [0.05, 0.1) is 0 Å². The highest BCUT2D eigenvalue weighted by atomic mass is 35.5. The first-order valence-corrected chi connectivity index (χ1v) is 8.40. The number of hydrogen-bond donors (Lipinski definition) is 2. The van der Waals surface area contributed by atoms with Gasteiger partial charge in [0.2, 0.25) is 0 Å². The Kier molecular flexibility index (Phi) is 7.51. The minimum Gasteiger partial charge on any atom is -0.489 e. The molecule has 0 bridgehead atoms. The van der Waals surface area contributed by atoms with Crippen LogP contribution in [0.3, 0.4) is 0 Å². The predicted octanol–water partition coefficient (Wildman–Crippen LogP) is 3.77. The Morgan fingerprint density at radius 1 is 1.04 bits per heavy atom. The SMILES string of the molecule is CNCCCNC(=O)c1oc2ccccc2c1COc1ccccc1.Cl. The van der Waals surface area contributed by atoms with Gasteiger partial charge in [0, 0.05) is 17.5 Å². The maximum absolute atomic E-state index is 12.5. The number of para-hydroxylation sites is 2. The number of amides is 1. The van der Waals surface area contributed by atoms with Crippen LogP contribution in [0.15, 0.2) is 59.0 Å². The highest BCUT2D eigenvalue weighted by Gasteiger charge is 2.20. The van der Waals surface area contributed by atoms with E-state index in [0.717, 1.165) is 29.7 Å². The highest BCUT2D eigenvalue weighted by Crippen LogP contribution is 2.27. The molecular weight excluding hydrogens is 352 g/mol. The van der Waals surface area contributed by atoms with Crippen LogP contribution in [0.4, 0.5) is 0 Å². The van der Waals surface area contributed by atoms with Gasteiger partial charge in [0.25, 0.3) is 5.91 Å². The molecule has 0 spiro atoms. The lowest BCUT2D eigenvalue weighted by Crippen LogP contribution is -2.27. The van der Waals surface area contributed by atoms with Gasteiger partial charge in [-0.05, 0) is 38.2 Å². The standard InChI is InChI=1S/C20H22N2O3.ClH/c1-21-12-7-13-22-20(23)19-17(14-24-15-8-3-2-4-9-15)16-10-5-6-11-18(16)25-19;/h2-6,8-11,21H,7,12-14H2,1H3,(H,22,23);1H. The van der Waals surface area contributed by atoms with Crippen molar-refractivity contribution in [3.05, 3.63) is 65.9 Å². The molecule has 1 amide bonds. The summed E-state index contributed by atoms with van der Waals surface area (Å²) in [6, 6.07) is 17.2. The molecule has 1 aromatic heterocycles. The third-order valence-electron chi connectivity index (χ3n) is 3.92. The smallest absolute Gasteiger partial charge is 0.287 e. The number of ether oxygens (including phenoxy) is 1. The average molecular weight is 375 g/mol. The number of furan rings is 1. The van der Waals surface area contributed by atoms with Crippen LogP contribution in [0.5, 0.6) is 5.75 Å². The zero-order valence-corrected chi connectivity index (χ0v) is 15.5. The number of halogens is 1. The summed E-state index contributed by atoms with van der Waals surface area (Å²) in [5.74, 6) is 0.869. The van der Waals surface area contributed by atoms with E-state index in [1.165, 1.54) is 0 Å². The van der Waals surface area contributed by atoms with Gasteiger partial charge in [-0.15, -0.1) is 12.4 Å². The van der Waals surface area contributed by atoms with Crippen molar-refractivity contribution in [2.75, 3.05) is 20.1 Å². The summed E-state index contributed by atoms with van der Waals surface area (Å²) in [4.78, 5) is 12.5. The maximum atomic E-state index is 12.5. The maximum Gasteiger partial charge on any atom is 0.287 e. The van der Waals surface area contributed by atoms with Crippen LogP contribution < -0.4 is 15.4 Å². The van der Waals surface area contributed by atoms with E-state index in [9.17, 15) is 4.79 Å². The number of nitrogens with one attached hydrogen (secondary N) is 2. The number of hydrogen-bond acceptors (Lipinski definition) is 4. The van der Waals surface area contributed by atoms with E-state index in [1.54, 1.807) is 0 Å². The topological polar surface area (TPSA) is 63.5 Å². The molecule has 0 aliphatic carbocycles. The molecule has 6 heteroatoms. The first-order valence-electron chi connectivity index (χ1n) is 8.40. The number of carbonyl (C=O) groups is 1. The van der Waals surface area contributed by atoms with Crippen molar-refractivity contribution < 1.29 is 13.9 Å². The Morgan fingerprint density at radius 3 is 2.54 bits per heavy atom. The summed E-state index contributed by atoms with van der Waals surface area (Å²) in [6.45, 7) is 1.72. The summed E-state index contributed by atoms with van der Waals surface area (Å²) >= 11 is 0. The molecule has 3 aromatic rings. The molecule has 26 heavy (non-hydrogen) atoms. The predicted molar refractivity (Wildman–Crippen MR) is 105 cm³/mol. The number of fused-ring (bicyclic) bond motifs is 1. The molecule has 3 rings (SSSR count). The second kappa shape index (κ2) is 9.85. The number of rotatable bonds is 8. The van der Waals surface area contributed by atoms with Gasteiger partial charge in [-0.1, -0.05) is 36.4 Å². The van der Waals surface area contributed by atoms with Crippen molar-refractivity contribution in [1.82, 2.24) is 10.6 Å². The number of carbonyl (C=O) groups excluding carboxylic acids is 1. The molecule has 0 atom stereocenters. The monoisotopic (exact) mass is 374 g/mol. The zero-order valence-electron chi connectivity index (χ0n) is 14.7. The third kappa shape index (κ3) is 4.77. The van der Waals surface area contributed by atoms with Crippen molar-refractivity contribution in [2.24, 2.45) is 0 Å². The van der Waals surface area contributed by atoms with E-state index in [1.807, 2.05) is 61.6 Å². The van der Waals surface area contributed by atoms with Crippen LogP contribution in [-0.4, -0.2) is 26.0 Å². The number of benzene rings is 2. The zero-order chi connectivity index (χ0) is 17.5. The minimum atomic E-state index is -0.209. The molecule has 0 radical (unpaired) electrons. The Morgan fingerprint density at radius 2 is 1.77 bits per heavy atom. The second-order valence-corrected chi connectivity index (χ2v) is 5.72. The van der Waals surface area contributed by atoms with Gasteiger partial charge in [-0.2, -0.15) is 0 Å². The first kappa shape index (κ1) is 19.8. The van der Waals surface area contributed by atoms with E-state index in [4.69, 9.17) is 9.15 Å². The van der Waals surface area contributed by atoms with Crippen LogP contribution in [0, 0.1) is 0 Å². The van der Waals surface area contributed by atoms with Crippen LogP contribution in [-0.2, 0) is 6.61 Å². The molecule has 0 saturated carbocycles. The van der Waals surface area contributed by atoms with Gasteiger partial charge >= 0.3 is 0 Å². The normalized spacial score (nSPS) is 10.3. The van der Waals surface area contributed by atoms with E-state index < -0.39 is 0 Å². The largest absolute Gasteiger partial charge is 0.489 e. The lowest BCUT2D eigenvalue weighted by molar-refractivity contribution is 0.0924. The van der Waals surface area contributed by atoms with Crippen LogP contribution in [0.1, 0.15) is 22.5 Å². The summed E-state index contributed by atoms with van der Waals surface area (Å²) in [6.07, 6.45) is 0.859. The molecule has 0 unspecified atom stereocenters. The molecule has 0 aliphatic rings. The molecular formula is C20H23ClN2O3. The molecule has 138 valence electrons. The van der Waals surface area contributed by atoms with Gasteiger partial charge < -0.3 is 19.8 Å². The molecule has 2 aromatic carbocycles. The molecule has 2 N–H and O–H groups in total. The van der Waals surface area contributed by atoms with Crippen molar-refractivity contribution in [3.8, 4) is 5.75 Å². The summed E-state index contributed by atoms with van der Waals surface area (Å²) < 4.78 is 11.6. The van der Waals surface area contributed by atoms with E-state index in [0.29, 0.717) is 17.9 Å². The van der Waals surface area contributed by atoms with Gasteiger partial charge in [-0.3, -0.25) is 4.79 Å². The quantitative estimate of drug-likeness (QED) is 0.589. The summed E-state index contributed by atoms with van der Waals surface area (Å²) in [5.41, 5.74) is 1.46. The first-order chi connectivity index (χ1) is 12.3. The Bertz CT molecular complexity index is 833. The van der Waals surface area contributed by atoms with Crippen molar-refractivity contribution in [1.29, 1.82) is 0 Å². The van der Waals surface area contributed by atoms with Crippen molar-refractivity contribution in [2.45, 2.75) is 13.0 Å². The summed E-state index contributed by atoms with van der Waals surface area (Å²) in [7, 11) is 1.89. The third-order valence-corrected chi connectivity index (χ3v) is 3.92. The second-order valence-electron chi connectivity index (χ2n) is 5.72. The fraction of sp³-hybridized carbons (Fsp3) is 0.250. The minimum absolute atomic E-state index is 0. The highest BCUT2D eigenvalue weighted by molar-refractivity contribution is 5.99. The van der Waals surface area contributed by atoms with Crippen LogP contribution >= 0.6 is 12.4 Å². The lowest BCUT2D eigenvalue weighted by atomic mass is 10.1. The fourth-order valence-corrected chi connectivity index (χ4v) is 2.65. The average Bonchev–Trinajstić information content (AvgIpc) is 3.03. The lowest BCUT2D eigenvalue weighted by Gasteiger charge is -2.07. The van der Waals surface area contributed by atoms with E-state index in [-0.39, 0.29) is 24.9 Å². The Labute approximate surface area is 159 Å². The van der Waals surface area contributed by atoms with Crippen LogP contribution in [0.2, 0.25) is 0 Å². The van der Waals surface area contributed by atoms with Crippen molar-refractivity contribution >= 4 is 29.3 Å². The van der Waals surface area contributed by atoms with Gasteiger partial charge in [0.15, 0.2) is 5.76 Å². The fourth-order valence-electron chi connectivity index (χ4n) is 2.65. The molecule has 5 nitrogen and oxygen atoms in total. The Balaban J connectivity index is 0.00000243. The van der Waals surface area contributed by atoms with E-state index in [2.05, 4.69) is 10.6 Å². The van der Waals surface area contributed by atoms with Crippen LogP contribution in [0.25, 0.3) is 11.0 Å². The molecule has 0 saturated heterocycles. The molecule has 0 aliphatic heterocycles. The van der Waals surface area contributed by atoms with E-state index >= 15 is 0 Å². The molecule has 1 heterocycles. The Hall–Kier alpha value is -2.50. The van der Waals surface area contributed by atoms with Gasteiger partial charge in [-0.25, -0.2) is 0 Å². The molecule has 0 fully saturated rings. The van der Waals surface area contributed by atoms with Gasteiger partial charge in [0.1, 0.15) is 17.9 Å². The van der Waals surface area contributed by atoms with Crippen molar-refractivity contribution in [3.63, 3.8) is 0 Å².